The third kappa shape index (κ3) is 3.02. The fraction of sp³-hybridized carbons (Fsp3) is 0.273. The Morgan fingerprint density at radius 1 is 1.61 bits per heavy atom. The van der Waals surface area contributed by atoms with Gasteiger partial charge in [-0.1, -0.05) is 0 Å². The number of carbonyl (C=O) groups excluding carboxylic acids is 1. The van der Waals surface area contributed by atoms with E-state index in [1.807, 2.05) is 0 Å². The topological polar surface area (TPSA) is 105 Å². The van der Waals surface area contributed by atoms with Crippen LogP contribution in [0.2, 0.25) is 0 Å². The summed E-state index contributed by atoms with van der Waals surface area (Å²) in [5.41, 5.74) is 0.0437. The molecule has 1 amide bonds. The van der Waals surface area contributed by atoms with Crippen LogP contribution in [-0.4, -0.2) is 24.0 Å². The van der Waals surface area contributed by atoms with Gasteiger partial charge < -0.3 is 10.1 Å². The Labute approximate surface area is 103 Å². The molecule has 0 aliphatic heterocycles. The summed E-state index contributed by atoms with van der Waals surface area (Å²) in [5, 5.41) is 21.9. The summed E-state index contributed by atoms with van der Waals surface area (Å²) in [6.07, 6.45) is -0.674. The molecule has 0 aliphatic carbocycles. The summed E-state index contributed by atoms with van der Waals surface area (Å²) in [5.74, 6) is -0.428. The van der Waals surface area contributed by atoms with E-state index >= 15 is 0 Å². The standard InChI is InChI=1S/C11H11N3O4/c1-7(18-2)11(15)13-10-4-3-9(14(16)17)5-8(10)6-12/h3-5,7H,1-2H3,(H,13,15). The molecule has 1 rings (SSSR count). The first-order valence-corrected chi connectivity index (χ1v) is 5.01. The Morgan fingerprint density at radius 2 is 2.28 bits per heavy atom. The first-order valence-electron chi connectivity index (χ1n) is 5.01. The van der Waals surface area contributed by atoms with Gasteiger partial charge in [0.25, 0.3) is 11.6 Å². The summed E-state index contributed by atoms with van der Waals surface area (Å²) in [7, 11) is 1.38. The van der Waals surface area contributed by atoms with Crippen molar-refractivity contribution in [2.24, 2.45) is 0 Å². The smallest absolute Gasteiger partial charge is 0.270 e. The Morgan fingerprint density at radius 3 is 2.78 bits per heavy atom. The number of rotatable bonds is 4. The zero-order chi connectivity index (χ0) is 13.7. The predicted octanol–water partition coefficient (Wildman–Crippen LogP) is 1.44. The molecule has 1 atom stereocenters. The summed E-state index contributed by atoms with van der Waals surface area (Å²) in [6, 6.07) is 5.43. The van der Waals surface area contributed by atoms with E-state index in [0.29, 0.717) is 0 Å². The second-order valence-electron chi connectivity index (χ2n) is 3.47. The highest BCUT2D eigenvalue weighted by atomic mass is 16.6. The van der Waals surface area contributed by atoms with Crippen LogP contribution in [0.1, 0.15) is 12.5 Å². The summed E-state index contributed by atoms with van der Waals surface area (Å²) >= 11 is 0. The normalized spacial score (nSPS) is 11.4. The number of methoxy groups -OCH3 is 1. The third-order valence-electron chi connectivity index (χ3n) is 2.32. The minimum atomic E-state index is -0.674. The van der Waals surface area contributed by atoms with E-state index in [2.05, 4.69) is 5.32 Å². The van der Waals surface area contributed by atoms with Crippen molar-refractivity contribution < 1.29 is 14.5 Å². The number of nitrogens with one attached hydrogen (secondary N) is 1. The Balaban J connectivity index is 3.01. The summed E-state index contributed by atoms with van der Waals surface area (Å²) < 4.78 is 4.82. The molecule has 18 heavy (non-hydrogen) atoms. The molecule has 0 heterocycles. The molecule has 0 spiro atoms. The van der Waals surface area contributed by atoms with Crippen LogP contribution in [0.4, 0.5) is 11.4 Å². The number of hydrogen-bond donors (Lipinski definition) is 1. The van der Waals surface area contributed by atoms with Crippen LogP contribution >= 0.6 is 0 Å². The van der Waals surface area contributed by atoms with Crippen molar-refractivity contribution in [1.29, 1.82) is 5.26 Å². The highest BCUT2D eigenvalue weighted by Crippen LogP contribution is 2.21. The highest BCUT2D eigenvalue weighted by molar-refractivity contribution is 5.95. The van der Waals surface area contributed by atoms with E-state index in [9.17, 15) is 14.9 Å². The molecule has 7 nitrogen and oxygen atoms in total. The molecule has 0 radical (unpaired) electrons. The third-order valence-corrected chi connectivity index (χ3v) is 2.32. The maximum absolute atomic E-state index is 11.6. The first kappa shape index (κ1) is 13.6. The van der Waals surface area contributed by atoms with Gasteiger partial charge in [0.1, 0.15) is 12.2 Å². The fourth-order valence-electron chi connectivity index (χ4n) is 1.19. The van der Waals surface area contributed by atoms with Gasteiger partial charge in [-0.15, -0.1) is 0 Å². The lowest BCUT2D eigenvalue weighted by molar-refractivity contribution is -0.384. The van der Waals surface area contributed by atoms with Gasteiger partial charge in [0.05, 0.1) is 16.2 Å². The first-order chi connectivity index (χ1) is 8.49. The number of anilines is 1. The van der Waals surface area contributed by atoms with Gasteiger partial charge in [0.15, 0.2) is 0 Å². The second kappa shape index (κ2) is 5.75. The molecule has 0 fully saturated rings. The van der Waals surface area contributed by atoms with E-state index in [4.69, 9.17) is 10.00 Å². The lowest BCUT2D eigenvalue weighted by atomic mass is 10.1. The quantitative estimate of drug-likeness (QED) is 0.642. The van der Waals surface area contributed by atoms with Crippen LogP contribution in [0.5, 0.6) is 0 Å². The highest BCUT2D eigenvalue weighted by Gasteiger charge is 2.16. The van der Waals surface area contributed by atoms with Gasteiger partial charge in [-0.3, -0.25) is 14.9 Å². The van der Waals surface area contributed by atoms with Crippen molar-refractivity contribution in [2.45, 2.75) is 13.0 Å². The Kier molecular flexibility index (Phi) is 4.34. The number of hydrogen-bond acceptors (Lipinski definition) is 5. The van der Waals surface area contributed by atoms with Crippen LogP contribution in [0.25, 0.3) is 0 Å². The number of nitrogens with zero attached hydrogens (tertiary/aromatic N) is 2. The molecule has 94 valence electrons. The molecular formula is C11H11N3O4. The van der Waals surface area contributed by atoms with Gasteiger partial charge in [-0.2, -0.15) is 5.26 Å². The number of amides is 1. The minimum Gasteiger partial charge on any atom is -0.372 e. The molecule has 0 bridgehead atoms. The maximum atomic E-state index is 11.6. The van der Waals surface area contributed by atoms with Gasteiger partial charge in [0.2, 0.25) is 0 Å². The molecule has 0 aliphatic rings. The van der Waals surface area contributed by atoms with Crippen molar-refractivity contribution in [1.82, 2.24) is 0 Å². The van der Waals surface area contributed by atoms with Crippen molar-refractivity contribution >= 4 is 17.3 Å². The van der Waals surface area contributed by atoms with E-state index in [-0.39, 0.29) is 16.9 Å². The summed E-state index contributed by atoms with van der Waals surface area (Å²) in [6.45, 7) is 1.55. The molecule has 1 aromatic carbocycles. The van der Waals surface area contributed by atoms with Crippen LogP contribution in [0.3, 0.4) is 0 Å². The van der Waals surface area contributed by atoms with Crippen molar-refractivity contribution in [2.75, 3.05) is 12.4 Å². The molecule has 1 N–H and O–H groups in total. The van der Waals surface area contributed by atoms with Crippen LogP contribution in [0.15, 0.2) is 18.2 Å². The zero-order valence-electron chi connectivity index (χ0n) is 9.84. The summed E-state index contributed by atoms with van der Waals surface area (Å²) in [4.78, 5) is 21.5. The minimum absolute atomic E-state index is 0.0286. The molecule has 1 aromatic rings. The second-order valence-corrected chi connectivity index (χ2v) is 3.47. The number of nitriles is 1. The average Bonchev–Trinajstić information content (AvgIpc) is 2.37. The van der Waals surface area contributed by atoms with Crippen LogP contribution in [-0.2, 0) is 9.53 Å². The number of benzene rings is 1. The van der Waals surface area contributed by atoms with Crippen molar-refractivity contribution in [3.05, 3.63) is 33.9 Å². The molecule has 0 aromatic heterocycles. The number of carbonyl (C=O) groups is 1. The van der Waals surface area contributed by atoms with Gasteiger partial charge in [0, 0.05) is 19.2 Å². The molecule has 0 saturated carbocycles. The van der Waals surface area contributed by atoms with E-state index in [0.717, 1.165) is 6.07 Å². The largest absolute Gasteiger partial charge is 0.372 e. The number of non-ortho nitro benzene ring substituents is 1. The molecule has 1 unspecified atom stereocenters. The SMILES string of the molecule is COC(C)C(=O)Nc1ccc([N+](=O)[O-])cc1C#N. The Bertz CT molecular complexity index is 522. The van der Waals surface area contributed by atoms with Gasteiger partial charge in [-0.05, 0) is 13.0 Å². The van der Waals surface area contributed by atoms with E-state index < -0.39 is 16.9 Å². The van der Waals surface area contributed by atoms with E-state index in [1.54, 1.807) is 13.0 Å². The van der Waals surface area contributed by atoms with E-state index in [1.165, 1.54) is 19.2 Å². The molecule has 0 saturated heterocycles. The zero-order valence-corrected chi connectivity index (χ0v) is 9.84. The number of ether oxygens (including phenoxy) is 1. The van der Waals surface area contributed by atoms with Crippen LogP contribution < -0.4 is 5.32 Å². The lowest BCUT2D eigenvalue weighted by Crippen LogP contribution is -2.26. The van der Waals surface area contributed by atoms with Crippen LogP contribution in [0, 0.1) is 21.4 Å². The monoisotopic (exact) mass is 249 g/mol. The maximum Gasteiger partial charge on any atom is 0.270 e. The molecular weight excluding hydrogens is 238 g/mol. The van der Waals surface area contributed by atoms with Crippen molar-refractivity contribution in [3.8, 4) is 6.07 Å². The number of nitro benzene ring substituents is 1. The fourth-order valence-corrected chi connectivity index (χ4v) is 1.19. The number of nitro groups is 1. The van der Waals surface area contributed by atoms with Gasteiger partial charge >= 0.3 is 0 Å². The van der Waals surface area contributed by atoms with Gasteiger partial charge in [-0.25, -0.2) is 0 Å². The predicted molar refractivity (Wildman–Crippen MR) is 62.9 cm³/mol. The van der Waals surface area contributed by atoms with Crippen molar-refractivity contribution in [3.63, 3.8) is 0 Å². The Hall–Kier alpha value is -2.46. The average molecular weight is 249 g/mol. The lowest BCUT2D eigenvalue weighted by Gasteiger charge is -2.11. The molecule has 7 heteroatoms.